The van der Waals surface area contributed by atoms with Crippen LogP contribution in [0.4, 0.5) is 4.79 Å². The molecule has 0 aromatic carbocycles. The van der Waals surface area contributed by atoms with Gasteiger partial charge in [0.1, 0.15) is 0 Å². The molecule has 0 aromatic heterocycles. The molecule has 5 N–H and O–H groups in total. The first-order chi connectivity index (χ1) is 6.77. The van der Waals surface area contributed by atoms with Crippen molar-refractivity contribution in [1.82, 2.24) is 0 Å². The summed E-state index contributed by atoms with van der Waals surface area (Å²) in [6, 6.07) is 0. The fourth-order valence-electron chi connectivity index (χ4n) is 0.142. The van der Waals surface area contributed by atoms with Gasteiger partial charge in [-0.1, -0.05) is 6.58 Å². The predicted octanol–water partition coefficient (Wildman–Crippen LogP) is -0.0130. The maximum Gasteiger partial charge on any atom is 0.692 e. The maximum atomic E-state index is 9.60. The fourth-order valence-corrected chi connectivity index (χ4v) is 0.142. The van der Waals surface area contributed by atoms with Crippen molar-refractivity contribution in [3.8, 4) is 0 Å². The molecule has 0 radical (unpaired) electrons. The molecule has 0 fully saturated rings. The highest BCUT2D eigenvalue weighted by atomic mass is 31.1. The van der Waals surface area contributed by atoms with E-state index in [1.54, 1.807) is 6.92 Å². The second-order valence-corrected chi connectivity index (χ2v) is 2.05. The van der Waals surface area contributed by atoms with Gasteiger partial charge in [0.25, 0.3) is 0 Å². The minimum absolute atomic E-state index is 0.356. The Balaban J connectivity index is -0.000000147. The van der Waals surface area contributed by atoms with Gasteiger partial charge in [-0.25, -0.2) is 9.59 Å². The Morgan fingerprint density at radius 1 is 1.53 bits per heavy atom. The van der Waals surface area contributed by atoms with E-state index in [0.29, 0.717) is 6.61 Å². The van der Waals surface area contributed by atoms with Gasteiger partial charge in [0, 0.05) is 10.6 Å². The van der Waals surface area contributed by atoms with Crippen LogP contribution in [-0.2, 0) is 14.1 Å². The molecule has 0 aliphatic heterocycles. The van der Waals surface area contributed by atoms with E-state index in [1.807, 2.05) is 0 Å². The lowest BCUT2D eigenvalue weighted by Gasteiger charge is -1.89. The molecule has 0 atom stereocenters. The normalized spacial score (nSPS) is 6.87. The van der Waals surface area contributed by atoms with E-state index in [4.69, 9.17) is 19.5 Å². The molecule has 88 valence electrons. The van der Waals surface area contributed by atoms with Gasteiger partial charge in [0.05, 0.1) is 6.61 Å². The Bertz CT molecular complexity index is 214. The largest absolute Gasteiger partial charge is 0.692 e. The van der Waals surface area contributed by atoms with Crippen molar-refractivity contribution in [3.05, 3.63) is 12.7 Å². The second-order valence-electron chi connectivity index (χ2n) is 1.55. The number of hydrogen-bond donors (Lipinski definition) is 4. The van der Waals surface area contributed by atoms with Crippen molar-refractivity contribution < 1.29 is 33.8 Å². The molecule has 0 aliphatic rings. The summed E-state index contributed by atoms with van der Waals surface area (Å²) in [5, 5.41) is 7.60. The van der Waals surface area contributed by atoms with Crippen molar-refractivity contribution >= 4 is 20.3 Å². The minimum Gasteiger partial charge on any atom is -0.478 e. The number of hydrogen-bond acceptors (Lipinski definition) is 4. The van der Waals surface area contributed by atoms with Crippen LogP contribution in [0.15, 0.2) is 12.7 Å². The van der Waals surface area contributed by atoms with E-state index in [0.717, 1.165) is 6.08 Å². The number of aliphatic carboxylic acids is 1. The fraction of sp³-hybridized carbons (Fsp3) is 0.333. The molecule has 15 heavy (non-hydrogen) atoms. The molecule has 0 aromatic rings. The molecule has 0 saturated heterocycles. The van der Waals surface area contributed by atoms with Crippen LogP contribution >= 0.6 is 8.25 Å². The summed E-state index contributed by atoms with van der Waals surface area (Å²) in [5.41, 5.74) is 4.54. The van der Waals surface area contributed by atoms with Crippen LogP contribution in [0.25, 0.3) is 0 Å². The van der Waals surface area contributed by atoms with Gasteiger partial charge in [-0.05, 0) is 6.92 Å². The smallest absolute Gasteiger partial charge is 0.478 e. The zero-order chi connectivity index (χ0) is 12.9. The van der Waals surface area contributed by atoms with E-state index in [9.17, 15) is 9.59 Å². The molecule has 9 heteroatoms. The molecule has 0 rings (SSSR count). The Morgan fingerprint density at radius 3 is 1.80 bits per heavy atom. The monoisotopic (exact) mass is 242 g/mol. The Morgan fingerprint density at radius 2 is 1.80 bits per heavy atom. The first-order valence-electron chi connectivity index (χ1n) is 3.40. The first-order valence-corrected chi connectivity index (χ1v) is 4.57. The lowest BCUT2D eigenvalue weighted by molar-refractivity contribution is -0.131. The van der Waals surface area contributed by atoms with Gasteiger partial charge < -0.3 is 15.6 Å². The molecule has 0 spiro atoms. The number of rotatable bonds is 2. The van der Waals surface area contributed by atoms with Crippen molar-refractivity contribution in [1.29, 1.82) is 0 Å². The van der Waals surface area contributed by atoms with Crippen molar-refractivity contribution in [2.75, 3.05) is 6.61 Å². The van der Waals surface area contributed by atoms with Gasteiger partial charge in [-0.15, -0.1) is 9.79 Å². The lowest BCUT2D eigenvalue weighted by atomic mass is 10.7. The summed E-state index contributed by atoms with van der Waals surface area (Å²) in [7, 11) is -2.87. The zero-order valence-corrected chi connectivity index (χ0v) is 8.89. The molecule has 8 nitrogen and oxygen atoms in total. The SMILES string of the molecule is C=CC(=O)O.CCOC(N)=O.O=[P+](O)O. The molecule has 0 saturated carbocycles. The zero-order valence-electron chi connectivity index (χ0n) is 7.99. The molecule has 0 bridgehead atoms. The molecule has 0 heterocycles. The van der Waals surface area contributed by atoms with Crippen LogP contribution in [0, 0.1) is 0 Å². The highest BCUT2D eigenvalue weighted by Crippen LogP contribution is 1.98. The molecule has 0 aliphatic carbocycles. The van der Waals surface area contributed by atoms with E-state index in [1.165, 1.54) is 0 Å². The van der Waals surface area contributed by atoms with Crippen LogP contribution < -0.4 is 5.73 Å². The van der Waals surface area contributed by atoms with Crippen molar-refractivity contribution in [2.45, 2.75) is 6.92 Å². The van der Waals surface area contributed by atoms with Crippen LogP contribution in [0.5, 0.6) is 0 Å². The summed E-state index contributed by atoms with van der Waals surface area (Å²) in [6.07, 6.45) is 0.123. The highest BCUT2D eigenvalue weighted by Gasteiger charge is 1.93. The summed E-state index contributed by atoms with van der Waals surface area (Å²) in [6.45, 7) is 5.02. The summed E-state index contributed by atoms with van der Waals surface area (Å²) in [4.78, 5) is 33.1. The van der Waals surface area contributed by atoms with Gasteiger partial charge in [-0.2, -0.15) is 0 Å². The number of carboxylic acid groups (broad SMARTS) is 1. The van der Waals surface area contributed by atoms with E-state index in [2.05, 4.69) is 17.0 Å². The third-order valence-corrected chi connectivity index (χ3v) is 0.461. The number of primary amides is 1. The van der Waals surface area contributed by atoms with E-state index < -0.39 is 20.3 Å². The summed E-state index contributed by atoms with van der Waals surface area (Å²) >= 11 is 0. The molecular formula is C6H13NO7P+. The van der Waals surface area contributed by atoms with Crippen LogP contribution in [0.3, 0.4) is 0 Å². The summed E-state index contributed by atoms with van der Waals surface area (Å²) in [5.74, 6) is -0.981. The van der Waals surface area contributed by atoms with E-state index >= 15 is 0 Å². The summed E-state index contributed by atoms with van der Waals surface area (Å²) < 4.78 is 12.9. The van der Waals surface area contributed by atoms with Gasteiger partial charge >= 0.3 is 20.3 Å². The van der Waals surface area contributed by atoms with Crippen molar-refractivity contribution in [2.24, 2.45) is 5.73 Å². The first kappa shape index (κ1) is 19.1. The number of carbonyl (C=O) groups is 2. The van der Waals surface area contributed by atoms with Gasteiger partial charge in [0.2, 0.25) is 0 Å². The van der Waals surface area contributed by atoms with Crippen molar-refractivity contribution in [3.63, 3.8) is 0 Å². The predicted molar refractivity (Wildman–Crippen MR) is 51.1 cm³/mol. The Kier molecular flexibility index (Phi) is 19.1. The average Bonchev–Trinajstić information content (AvgIpc) is 2.03. The lowest BCUT2D eigenvalue weighted by Crippen LogP contribution is -2.11. The number of ether oxygens (including phenoxy) is 1. The van der Waals surface area contributed by atoms with Gasteiger partial charge in [-0.3, -0.25) is 0 Å². The molecular weight excluding hydrogens is 229 g/mol. The van der Waals surface area contributed by atoms with E-state index in [-0.39, 0.29) is 0 Å². The Labute approximate surface area is 86.9 Å². The number of carbonyl (C=O) groups excluding carboxylic acids is 1. The number of nitrogens with two attached hydrogens (primary N) is 1. The quantitative estimate of drug-likeness (QED) is 0.393. The number of carboxylic acids is 1. The number of amides is 1. The Hall–Kier alpha value is -1.50. The second kappa shape index (κ2) is 15.0. The molecule has 1 amide bonds. The topological polar surface area (TPSA) is 147 Å². The third kappa shape index (κ3) is 112. The van der Waals surface area contributed by atoms with Gasteiger partial charge in [0.15, 0.2) is 0 Å². The molecule has 0 unspecified atom stereocenters. The van der Waals surface area contributed by atoms with Crippen LogP contribution in [0.1, 0.15) is 6.92 Å². The highest BCUT2D eigenvalue weighted by molar-refractivity contribution is 7.30. The standard InChI is InChI=1S/C3H7NO2.C3H4O2.HO3P/c1-2-6-3(4)5;1-2-3(4)5;1-4(2)3/h2H2,1H3,(H2,4,5);2H,1H2,(H,4,5);(H-,1,2,3)/p+1. The van der Waals surface area contributed by atoms with Crippen LogP contribution in [0.2, 0.25) is 0 Å². The third-order valence-electron chi connectivity index (χ3n) is 0.461. The minimum atomic E-state index is -2.87. The van der Waals surface area contributed by atoms with Crippen LogP contribution in [-0.4, -0.2) is 33.6 Å². The average molecular weight is 242 g/mol. The maximum absolute atomic E-state index is 9.60.